The summed E-state index contributed by atoms with van der Waals surface area (Å²) < 4.78 is 0. The highest BCUT2D eigenvalue weighted by Gasteiger charge is 2.23. The molecule has 1 aliphatic carbocycles. The fraction of sp³-hybridized carbons (Fsp3) is 1.00. The van der Waals surface area contributed by atoms with Gasteiger partial charge in [-0.2, -0.15) is 0 Å². The van der Waals surface area contributed by atoms with Gasteiger partial charge in [-0.25, -0.2) is 0 Å². The van der Waals surface area contributed by atoms with Crippen LogP contribution in [0.5, 0.6) is 0 Å². The molecule has 0 aromatic heterocycles. The lowest BCUT2D eigenvalue weighted by Crippen LogP contribution is -2.43. The van der Waals surface area contributed by atoms with Gasteiger partial charge >= 0.3 is 0 Å². The largest absolute Gasteiger partial charge is 0.392 e. The molecule has 3 nitrogen and oxygen atoms in total. The third-order valence-electron chi connectivity index (χ3n) is 4.81. The van der Waals surface area contributed by atoms with E-state index in [1.807, 2.05) is 0 Å². The van der Waals surface area contributed by atoms with Gasteiger partial charge in [-0.05, 0) is 37.6 Å². The zero-order chi connectivity index (χ0) is 14.4. The number of rotatable bonds is 8. The maximum Gasteiger partial charge on any atom is 0.0669 e. The first-order chi connectivity index (χ1) is 9.63. The molecule has 0 amide bonds. The molecule has 0 radical (unpaired) electrons. The molecule has 0 aromatic carbocycles. The van der Waals surface area contributed by atoms with Crippen LogP contribution in [0.1, 0.15) is 58.8 Å². The summed E-state index contributed by atoms with van der Waals surface area (Å²) in [5.74, 6) is 1.46. The second kappa shape index (κ2) is 8.35. The van der Waals surface area contributed by atoms with Crippen molar-refractivity contribution in [3.05, 3.63) is 0 Å². The molecule has 1 heterocycles. The van der Waals surface area contributed by atoms with Crippen molar-refractivity contribution in [1.29, 1.82) is 0 Å². The minimum absolute atomic E-state index is 0.127. The Labute approximate surface area is 125 Å². The van der Waals surface area contributed by atoms with Crippen LogP contribution >= 0.6 is 0 Å². The Bertz CT molecular complexity index is 258. The number of aliphatic hydroxyl groups excluding tert-OH is 1. The van der Waals surface area contributed by atoms with Crippen molar-refractivity contribution < 1.29 is 5.11 Å². The van der Waals surface area contributed by atoms with Gasteiger partial charge in [-0.15, -0.1) is 0 Å². The summed E-state index contributed by atoms with van der Waals surface area (Å²) in [5.41, 5.74) is 0. The highest BCUT2D eigenvalue weighted by atomic mass is 16.3. The van der Waals surface area contributed by atoms with Crippen LogP contribution in [-0.2, 0) is 0 Å². The molecule has 1 saturated carbocycles. The molecular formula is C17H34N2O. The van der Waals surface area contributed by atoms with E-state index in [0.717, 1.165) is 32.0 Å². The highest BCUT2D eigenvalue weighted by molar-refractivity contribution is 4.80. The fourth-order valence-corrected chi connectivity index (χ4v) is 3.97. The first-order valence-electron chi connectivity index (χ1n) is 8.77. The van der Waals surface area contributed by atoms with E-state index in [2.05, 4.69) is 24.1 Å². The summed E-state index contributed by atoms with van der Waals surface area (Å²) in [6, 6.07) is 0.646. The molecule has 0 aromatic rings. The van der Waals surface area contributed by atoms with Gasteiger partial charge in [0.2, 0.25) is 0 Å². The van der Waals surface area contributed by atoms with E-state index in [1.54, 1.807) is 0 Å². The number of nitrogens with one attached hydrogen (secondary N) is 1. The molecule has 118 valence electrons. The number of hydrogen-bond acceptors (Lipinski definition) is 3. The summed E-state index contributed by atoms with van der Waals surface area (Å²) in [5, 5.41) is 14.0. The normalized spacial score (nSPS) is 25.9. The smallest absolute Gasteiger partial charge is 0.0669 e. The maximum absolute atomic E-state index is 10.4. The van der Waals surface area contributed by atoms with E-state index in [-0.39, 0.29) is 6.10 Å². The molecule has 2 atom stereocenters. The number of nitrogens with zero attached hydrogens (tertiary/aromatic N) is 1. The molecule has 20 heavy (non-hydrogen) atoms. The fourth-order valence-electron chi connectivity index (χ4n) is 3.97. The minimum Gasteiger partial charge on any atom is -0.392 e. The topological polar surface area (TPSA) is 35.5 Å². The molecule has 3 heteroatoms. The van der Waals surface area contributed by atoms with Crippen LogP contribution in [0.3, 0.4) is 0 Å². The Balaban J connectivity index is 1.75. The van der Waals surface area contributed by atoms with E-state index in [9.17, 15) is 5.11 Å². The van der Waals surface area contributed by atoms with Crippen LogP contribution in [0.15, 0.2) is 0 Å². The molecule has 1 saturated heterocycles. The Hall–Kier alpha value is -0.120. The molecule has 2 fully saturated rings. The van der Waals surface area contributed by atoms with Gasteiger partial charge in [0.25, 0.3) is 0 Å². The Kier molecular flexibility index (Phi) is 6.79. The molecule has 2 aliphatic rings. The molecule has 2 rings (SSSR count). The van der Waals surface area contributed by atoms with Gasteiger partial charge in [-0.3, -0.25) is 4.90 Å². The summed E-state index contributed by atoms with van der Waals surface area (Å²) in [7, 11) is 0. The van der Waals surface area contributed by atoms with Crippen molar-refractivity contribution in [2.45, 2.75) is 70.9 Å². The van der Waals surface area contributed by atoms with Crippen molar-refractivity contribution >= 4 is 0 Å². The van der Waals surface area contributed by atoms with Crippen LogP contribution in [0.2, 0.25) is 0 Å². The predicted octanol–water partition coefficient (Wildman–Crippen LogP) is 2.64. The molecule has 0 bridgehead atoms. The van der Waals surface area contributed by atoms with E-state index < -0.39 is 0 Å². The van der Waals surface area contributed by atoms with E-state index >= 15 is 0 Å². The van der Waals surface area contributed by atoms with Gasteiger partial charge < -0.3 is 10.4 Å². The third-order valence-corrected chi connectivity index (χ3v) is 4.81. The lowest BCUT2D eigenvalue weighted by Gasteiger charge is -2.30. The lowest BCUT2D eigenvalue weighted by molar-refractivity contribution is 0.0818. The molecule has 2 unspecified atom stereocenters. The van der Waals surface area contributed by atoms with E-state index in [4.69, 9.17) is 0 Å². The molecule has 2 N–H and O–H groups in total. The van der Waals surface area contributed by atoms with Gasteiger partial charge in [-0.1, -0.05) is 39.5 Å². The van der Waals surface area contributed by atoms with Gasteiger partial charge in [0, 0.05) is 25.7 Å². The van der Waals surface area contributed by atoms with Crippen LogP contribution in [0.25, 0.3) is 0 Å². The number of aliphatic hydroxyl groups is 1. The Morgan fingerprint density at radius 2 is 1.85 bits per heavy atom. The second-order valence-corrected chi connectivity index (χ2v) is 7.45. The van der Waals surface area contributed by atoms with Crippen molar-refractivity contribution in [3.63, 3.8) is 0 Å². The van der Waals surface area contributed by atoms with Gasteiger partial charge in [0.15, 0.2) is 0 Å². The zero-order valence-corrected chi connectivity index (χ0v) is 13.5. The summed E-state index contributed by atoms with van der Waals surface area (Å²) in [6.07, 6.45) is 8.93. The quantitative estimate of drug-likeness (QED) is 0.718. The molecule has 0 spiro atoms. The van der Waals surface area contributed by atoms with Crippen molar-refractivity contribution in [2.75, 3.05) is 26.2 Å². The van der Waals surface area contributed by atoms with Crippen LogP contribution in [0.4, 0.5) is 0 Å². The number of hydrogen-bond donors (Lipinski definition) is 2. The van der Waals surface area contributed by atoms with Crippen molar-refractivity contribution in [2.24, 2.45) is 11.8 Å². The van der Waals surface area contributed by atoms with E-state index in [0.29, 0.717) is 12.0 Å². The maximum atomic E-state index is 10.4. The Morgan fingerprint density at radius 3 is 2.45 bits per heavy atom. The van der Waals surface area contributed by atoms with Crippen molar-refractivity contribution in [3.8, 4) is 0 Å². The highest BCUT2D eigenvalue weighted by Crippen LogP contribution is 2.28. The standard InChI is InChI=1S/C17H34N2O/c1-14(2)11-19(12-16-8-5-9-18-16)13-17(20)10-15-6-3-4-7-15/h14-18,20H,3-13H2,1-2H3. The van der Waals surface area contributed by atoms with Crippen LogP contribution < -0.4 is 5.32 Å². The first kappa shape index (κ1) is 16.3. The summed E-state index contributed by atoms with van der Waals surface area (Å²) >= 11 is 0. The SMILES string of the molecule is CC(C)CN(CC(O)CC1CCCC1)CC1CCCN1. The van der Waals surface area contributed by atoms with Crippen molar-refractivity contribution in [1.82, 2.24) is 10.2 Å². The lowest BCUT2D eigenvalue weighted by atomic mass is 9.99. The minimum atomic E-state index is -0.127. The van der Waals surface area contributed by atoms with E-state index in [1.165, 1.54) is 45.1 Å². The summed E-state index contributed by atoms with van der Waals surface area (Å²) in [4.78, 5) is 2.49. The second-order valence-electron chi connectivity index (χ2n) is 7.45. The molecule has 1 aliphatic heterocycles. The monoisotopic (exact) mass is 282 g/mol. The third kappa shape index (κ3) is 5.71. The van der Waals surface area contributed by atoms with Gasteiger partial charge in [0.1, 0.15) is 0 Å². The summed E-state index contributed by atoms with van der Waals surface area (Å²) in [6.45, 7) is 8.81. The van der Waals surface area contributed by atoms with Crippen LogP contribution in [-0.4, -0.2) is 48.3 Å². The molecular weight excluding hydrogens is 248 g/mol. The average Bonchev–Trinajstić information content (AvgIpc) is 3.01. The predicted molar refractivity (Wildman–Crippen MR) is 84.9 cm³/mol. The Morgan fingerprint density at radius 1 is 1.10 bits per heavy atom. The first-order valence-corrected chi connectivity index (χ1v) is 8.77. The van der Waals surface area contributed by atoms with Gasteiger partial charge in [0.05, 0.1) is 6.10 Å². The average molecular weight is 282 g/mol. The van der Waals surface area contributed by atoms with Crippen LogP contribution in [0, 0.1) is 11.8 Å². The zero-order valence-electron chi connectivity index (χ0n) is 13.5.